The van der Waals surface area contributed by atoms with E-state index in [9.17, 15) is 19.8 Å². The molecule has 0 aromatic carbocycles. The zero-order valence-corrected chi connectivity index (χ0v) is 22.6. The Balaban J connectivity index is 1.51. The molecular formula is C29H40O9. The summed E-state index contributed by atoms with van der Waals surface area (Å²) in [7, 11) is 0. The van der Waals surface area contributed by atoms with Gasteiger partial charge in [-0.2, -0.15) is 0 Å². The zero-order valence-electron chi connectivity index (χ0n) is 22.6. The normalized spacial score (nSPS) is 48.0. The fourth-order valence-electron chi connectivity index (χ4n) is 7.04. The molecule has 10 atom stereocenters. The van der Waals surface area contributed by atoms with Crippen LogP contribution in [0.1, 0.15) is 53.4 Å². The second kappa shape index (κ2) is 10.2. The molecule has 3 heterocycles. The molecule has 0 unspecified atom stereocenters. The van der Waals surface area contributed by atoms with Gasteiger partial charge in [-0.1, -0.05) is 43.7 Å². The first kappa shape index (κ1) is 27.5. The van der Waals surface area contributed by atoms with Crippen molar-refractivity contribution in [1.29, 1.82) is 0 Å². The van der Waals surface area contributed by atoms with Crippen LogP contribution in [0.3, 0.4) is 0 Å². The average molecular weight is 533 g/mol. The molecule has 5 rings (SSSR count). The molecule has 9 heteroatoms. The molecule has 9 nitrogen and oxygen atoms in total. The quantitative estimate of drug-likeness (QED) is 0.298. The van der Waals surface area contributed by atoms with Gasteiger partial charge < -0.3 is 33.9 Å². The van der Waals surface area contributed by atoms with Gasteiger partial charge in [-0.05, 0) is 39.0 Å². The molecule has 5 aliphatic rings. The van der Waals surface area contributed by atoms with Crippen molar-refractivity contribution in [1.82, 2.24) is 0 Å². The molecule has 2 aliphatic carbocycles. The molecule has 2 saturated heterocycles. The van der Waals surface area contributed by atoms with Crippen molar-refractivity contribution in [2.24, 2.45) is 16.7 Å². The van der Waals surface area contributed by atoms with Gasteiger partial charge in [-0.3, -0.25) is 0 Å². The highest BCUT2D eigenvalue weighted by atomic mass is 16.6. The minimum absolute atomic E-state index is 0.0195. The fraction of sp³-hybridized carbons (Fsp3) is 0.724. The molecule has 3 fully saturated rings. The molecule has 2 N–H and O–H groups in total. The Morgan fingerprint density at radius 1 is 1.16 bits per heavy atom. The van der Waals surface area contributed by atoms with Crippen molar-refractivity contribution in [2.45, 2.75) is 95.6 Å². The number of cyclic esters (lactones) is 1. The number of rotatable bonds is 1. The SMILES string of the molecule is CC1=C[C@H]2O[C@@H]3C[C@H]4OC(=O)/C=C\C=C\[C@@H]([C@H](C)O)OCC[C@@H](C)[C@H](O)C(=O)OC[C@@]2(CC1)[C@]4(C)[C@@]31CO1. The van der Waals surface area contributed by atoms with Crippen LogP contribution in [0.15, 0.2) is 36.0 Å². The predicted molar refractivity (Wildman–Crippen MR) is 136 cm³/mol. The second-order valence-corrected chi connectivity index (χ2v) is 11.9. The summed E-state index contributed by atoms with van der Waals surface area (Å²) in [6.07, 6.45) is 6.89. The first-order valence-electron chi connectivity index (χ1n) is 13.7. The van der Waals surface area contributed by atoms with E-state index in [1.807, 2.05) is 0 Å². The summed E-state index contributed by atoms with van der Waals surface area (Å²) in [5.41, 5.74) is -0.771. The number of carbonyl (C=O) groups excluding carboxylic acids is 2. The molecule has 0 amide bonds. The first-order valence-corrected chi connectivity index (χ1v) is 13.7. The minimum Gasteiger partial charge on any atom is -0.463 e. The molecule has 210 valence electrons. The van der Waals surface area contributed by atoms with Gasteiger partial charge in [0.2, 0.25) is 0 Å². The number of ether oxygens (including phenoxy) is 5. The number of hydrogen-bond acceptors (Lipinski definition) is 9. The maximum absolute atomic E-state index is 13.1. The summed E-state index contributed by atoms with van der Waals surface area (Å²) in [6, 6.07) is 0. The lowest BCUT2D eigenvalue weighted by Gasteiger charge is -2.58. The average Bonchev–Trinajstić information content (AvgIpc) is 3.65. The largest absolute Gasteiger partial charge is 0.463 e. The van der Waals surface area contributed by atoms with Gasteiger partial charge in [0.05, 0.1) is 30.3 Å². The Morgan fingerprint density at radius 3 is 2.63 bits per heavy atom. The van der Waals surface area contributed by atoms with Crippen LogP contribution >= 0.6 is 0 Å². The molecule has 2 bridgehead atoms. The molecule has 0 aromatic heterocycles. The molecule has 0 aromatic rings. The Kier molecular flexibility index (Phi) is 7.37. The Labute approximate surface area is 223 Å². The number of hydrogen-bond donors (Lipinski definition) is 2. The summed E-state index contributed by atoms with van der Waals surface area (Å²) < 4.78 is 30.4. The van der Waals surface area contributed by atoms with Crippen molar-refractivity contribution in [3.63, 3.8) is 0 Å². The molecule has 1 saturated carbocycles. The zero-order chi connectivity index (χ0) is 27.3. The summed E-state index contributed by atoms with van der Waals surface area (Å²) in [5.74, 6) is -1.60. The third-order valence-electron chi connectivity index (χ3n) is 9.73. The Bertz CT molecular complexity index is 1030. The van der Waals surface area contributed by atoms with Crippen LogP contribution in [0.5, 0.6) is 0 Å². The molecule has 3 aliphatic heterocycles. The summed E-state index contributed by atoms with van der Waals surface area (Å²) in [4.78, 5) is 26.0. The standard InChI is InChI=1S/C29H40O9/c1-17-9-11-28-15-35-26(33)25(32)18(2)10-12-34-20(19(3)30)7-5-6-8-24(31)38-21-14-23(37-22(28)13-17)29(16-36-29)27(21,28)4/h5-8,13,18-23,25,30,32H,9-12,14-16H2,1-4H3/b7-5+,8-6-/t18-,19+,20+,21-,22-,23-,25+,27-,28-,29-/m1/s1. The lowest BCUT2D eigenvalue weighted by Crippen LogP contribution is -2.66. The van der Waals surface area contributed by atoms with Gasteiger partial charge in [0, 0.05) is 24.5 Å². The number of allylic oxidation sites excluding steroid dienone is 3. The maximum Gasteiger partial charge on any atom is 0.335 e. The lowest BCUT2D eigenvalue weighted by atomic mass is 9.51. The lowest BCUT2D eigenvalue weighted by molar-refractivity contribution is -0.234. The highest BCUT2D eigenvalue weighted by molar-refractivity contribution is 5.82. The van der Waals surface area contributed by atoms with Gasteiger partial charge in [-0.25, -0.2) is 9.59 Å². The minimum atomic E-state index is -1.33. The van der Waals surface area contributed by atoms with Gasteiger partial charge in [0.15, 0.2) is 6.10 Å². The predicted octanol–water partition coefficient (Wildman–Crippen LogP) is 2.39. The second-order valence-electron chi connectivity index (χ2n) is 11.9. The number of aliphatic hydroxyl groups excluding tert-OH is 2. The van der Waals surface area contributed by atoms with Crippen molar-refractivity contribution in [3.05, 3.63) is 36.0 Å². The van der Waals surface area contributed by atoms with Crippen molar-refractivity contribution in [3.8, 4) is 0 Å². The van der Waals surface area contributed by atoms with Crippen LogP contribution in [0.25, 0.3) is 0 Å². The third kappa shape index (κ3) is 4.36. The number of carbonyl (C=O) groups is 2. The van der Waals surface area contributed by atoms with E-state index in [0.29, 0.717) is 25.9 Å². The third-order valence-corrected chi connectivity index (χ3v) is 9.73. The fourth-order valence-corrected chi connectivity index (χ4v) is 7.04. The molecule has 38 heavy (non-hydrogen) atoms. The molecule has 2 spiro atoms. The molecule has 0 radical (unpaired) electrons. The topological polar surface area (TPSA) is 124 Å². The van der Waals surface area contributed by atoms with Crippen molar-refractivity contribution >= 4 is 11.9 Å². The van der Waals surface area contributed by atoms with E-state index in [1.165, 1.54) is 11.6 Å². The van der Waals surface area contributed by atoms with Crippen LogP contribution in [0, 0.1) is 16.7 Å². The first-order chi connectivity index (χ1) is 18.0. The van der Waals surface area contributed by atoms with Gasteiger partial charge in [-0.15, -0.1) is 0 Å². The van der Waals surface area contributed by atoms with E-state index in [4.69, 9.17) is 23.7 Å². The van der Waals surface area contributed by atoms with Crippen molar-refractivity contribution < 1.29 is 43.5 Å². The van der Waals surface area contributed by atoms with E-state index in [0.717, 1.165) is 6.42 Å². The van der Waals surface area contributed by atoms with Crippen LogP contribution in [0.4, 0.5) is 0 Å². The highest BCUT2D eigenvalue weighted by Crippen LogP contribution is 2.72. The van der Waals surface area contributed by atoms with Crippen LogP contribution in [0.2, 0.25) is 0 Å². The van der Waals surface area contributed by atoms with Crippen LogP contribution in [-0.4, -0.2) is 84.2 Å². The number of aliphatic hydroxyl groups is 2. The number of esters is 2. The van der Waals surface area contributed by atoms with Gasteiger partial charge in [0.1, 0.15) is 24.4 Å². The summed E-state index contributed by atoms with van der Waals surface area (Å²) >= 11 is 0. The van der Waals surface area contributed by atoms with E-state index >= 15 is 0 Å². The van der Waals surface area contributed by atoms with Crippen molar-refractivity contribution in [2.75, 3.05) is 19.8 Å². The van der Waals surface area contributed by atoms with E-state index in [2.05, 4.69) is 19.9 Å². The van der Waals surface area contributed by atoms with Crippen LogP contribution < -0.4 is 0 Å². The van der Waals surface area contributed by atoms with Crippen LogP contribution in [-0.2, 0) is 33.3 Å². The Hall–Kier alpha value is -2.04. The Morgan fingerprint density at radius 2 is 1.92 bits per heavy atom. The smallest absolute Gasteiger partial charge is 0.335 e. The summed E-state index contributed by atoms with van der Waals surface area (Å²) in [5, 5.41) is 20.8. The molecular weight excluding hydrogens is 492 g/mol. The maximum atomic E-state index is 13.1. The van der Waals surface area contributed by atoms with E-state index in [1.54, 1.807) is 32.1 Å². The summed E-state index contributed by atoms with van der Waals surface area (Å²) in [6.45, 7) is 8.27. The number of epoxide rings is 1. The van der Waals surface area contributed by atoms with E-state index in [-0.39, 0.29) is 25.4 Å². The highest BCUT2D eigenvalue weighted by Gasteiger charge is 2.83. The monoisotopic (exact) mass is 532 g/mol. The van der Waals surface area contributed by atoms with E-state index < -0.39 is 58.7 Å². The van der Waals surface area contributed by atoms with Gasteiger partial charge in [0.25, 0.3) is 0 Å². The van der Waals surface area contributed by atoms with Gasteiger partial charge >= 0.3 is 11.9 Å².